The first-order valence-electron chi connectivity index (χ1n) is 9.36. The molecule has 4 rings (SSSR count). The lowest BCUT2D eigenvalue weighted by molar-refractivity contribution is 0.0600. The average Bonchev–Trinajstić information content (AvgIpc) is 3.06. The number of methoxy groups -OCH3 is 1. The summed E-state index contributed by atoms with van der Waals surface area (Å²) in [5, 5.41) is 0. The van der Waals surface area contributed by atoms with Crippen LogP contribution in [0.15, 0.2) is 45.6 Å². The lowest BCUT2D eigenvalue weighted by Gasteiger charge is -2.32. The maximum absolute atomic E-state index is 13.4. The Kier molecular flexibility index (Phi) is 5.11. The number of fused-ring (bicyclic) bond motifs is 1. The van der Waals surface area contributed by atoms with Gasteiger partial charge in [0.25, 0.3) is 5.91 Å². The molecule has 2 aromatic carbocycles. The number of carbonyl (C=O) groups is 2. The van der Waals surface area contributed by atoms with Gasteiger partial charge in [0.15, 0.2) is 5.58 Å². The smallest absolute Gasteiger partial charge is 0.420 e. The van der Waals surface area contributed by atoms with Crippen LogP contribution in [0.4, 0.5) is 8.78 Å². The lowest BCUT2D eigenvalue weighted by atomic mass is 10.0. The highest BCUT2D eigenvalue weighted by atomic mass is 19.1. The van der Waals surface area contributed by atoms with Crippen LogP contribution in [-0.2, 0) is 4.74 Å². The molecule has 156 valence electrons. The van der Waals surface area contributed by atoms with Crippen molar-refractivity contribution >= 4 is 23.0 Å². The Bertz CT molecular complexity index is 1170. The van der Waals surface area contributed by atoms with Crippen molar-refractivity contribution in [1.82, 2.24) is 9.47 Å². The van der Waals surface area contributed by atoms with E-state index in [1.807, 2.05) is 0 Å². The van der Waals surface area contributed by atoms with Gasteiger partial charge in [-0.25, -0.2) is 18.4 Å². The predicted octanol–water partition coefficient (Wildman–Crippen LogP) is 3.14. The molecule has 9 heteroatoms. The van der Waals surface area contributed by atoms with E-state index in [0.29, 0.717) is 48.7 Å². The summed E-state index contributed by atoms with van der Waals surface area (Å²) in [7, 11) is 1.27. The van der Waals surface area contributed by atoms with E-state index < -0.39 is 29.3 Å². The Balaban J connectivity index is 1.56. The van der Waals surface area contributed by atoms with Gasteiger partial charge < -0.3 is 14.1 Å². The highest BCUT2D eigenvalue weighted by Gasteiger charge is 2.28. The normalized spacial score (nSPS) is 14.8. The Hall–Kier alpha value is -3.49. The molecule has 0 N–H and O–H groups in total. The van der Waals surface area contributed by atoms with Gasteiger partial charge in [-0.05, 0) is 43.2 Å². The molecular formula is C21H18F2N2O5. The molecule has 0 bridgehead atoms. The van der Waals surface area contributed by atoms with Crippen molar-refractivity contribution in [3.63, 3.8) is 0 Å². The minimum absolute atomic E-state index is 0.0559. The van der Waals surface area contributed by atoms with E-state index in [4.69, 9.17) is 9.15 Å². The first kappa shape index (κ1) is 19.8. The molecule has 3 aromatic rings. The van der Waals surface area contributed by atoms with Crippen LogP contribution in [0.5, 0.6) is 0 Å². The summed E-state index contributed by atoms with van der Waals surface area (Å²) in [6.45, 7) is 0.606. The third kappa shape index (κ3) is 3.58. The van der Waals surface area contributed by atoms with E-state index >= 15 is 0 Å². The summed E-state index contributed by atoms with van der Waals surface area (Å²) < 4.78 is 38.3. The summed E-state index contributed by atoms with van der Waals surface area (Å²) in [5.41, 5.74) is 1.06. The number of aromatic nitrogens is 1. The van der Waals surface area contributed by atoms with Crippen LogP contribution in [0.25, 0.3) is 11.1 Å². The van der Waals surface area contributed by atoms with Gasteiger partial charge in [-0.1, -0.05) is 0 Å². The standard InChI is InChI=1S/C21H18F2N2O5/c1-29-20(27)12-2-3-18-17(10-12)25(21(28)30-18)16-4-6-24(7-5-16)19(26)13-8-14(22)11-15(23)9-13/h2-3,8-11,16H,4-7H2,1H3. The number of carbonyl (C=O) groups excluding carboxylic acids is 2. The Morgan fingerprint density at radius 1 is 1.03 bits per heavy atom. The number of hydrogen-bond donors (Lipinski definition) is 0. The summed E-state index contributed by atoms with van der Waals surface area (Å²) in [4.78, 5) is 38.3. The molecule has 2 heterocycles. The van der Waals surface area contributed by atoms with Gasteiger partial charge in [0.2, 0.25) is 0 Å². The predicted molar refractivity (Wildman–Crippen MR) is 102 cm³/mol. The van der Waals surface area contributed by atoms with Gasteiger partial charge in [0.1, 0.15) is 11.6 Å². The molecule has 1 amide bonds. The SMILES string of the molecule is COC(=O)c1ccc2oc(=O)n(C3CCN(C(=O)c4cc(F)cc(F)c4)CC3)c2c1. The third-order valence-corrected chi connectivity index (χ3v) is 5.26. The van der Waals surface area contributed by atoms with E-state index in [1.54, 1.807) is 6.07 Å². The third-order valence-electron chi connectivity index (χ3n) is 5.26. The van der Waals surface area contributed by atoms with Crippen LogP contribution in [0, 0.1) is 11.6 Å². The number of benzene rings is 2. The van der Waals surface area contributed by atoms with Gasteiger partial charge in [0.05, 0.1) is 18.2 Å². The van der Waals surface area contributed by atoms with Crippen LogP contribution in [0.2, 0.25) is 0 Å². The van der Waals surface area contributed by atoms with Crippen molar-refractivity contribution in [3.8, 4) is 0 Å². The molecular weight excluding hydrogens is 398 g/mol. The molecule has 1 fully saturated rings. The van der Waals surface area contributed by atoms with Crippen LogP contribution in [0.3, 0.4) is 0 Å². The summed E-state index contributed by atoms with van der Waals surface area (Å²) in [5.74, 6) is -3.18. The monoisotopic (exact) mass is 416 g/mol. The van der Waals surface area contributed by atoms with E-state index in [2.05, 4.69) is 0 Å². The molecule has 0 atom stereocenters. The maximum atomic E-state index is 13.4. The maximum Gasteiger partial charge on any atom is 0.420 e. The van der Waals surface area contributed by atoms with Crippen molar-refractivity contribution in [3.05, 3.63) is 69.7 Å². The average molecular weight is 416 g/mol. The van der Waals surface area contributed by atoms with Crippen LogP contribution < -0.4 is 5.76 Å². The number of rotatable bonds is 3. The molecule has 1 aromatic heterocycles. The van der Waals surface area contributed by atoms with Crippen molar-refractivity contribution in [2.24, 2.45) is 0 Å². The second kappa shape index (κ2) is 7.74. The zero-order chi connectivity index (χ0) is 21.4. The van der Waals surface area contributed by atoms with Crippen LogP contribution in [-0.4, -0.2) is 41.5 Å². The quantitative estimate of drug-likeness (QED) is 0.613. The summed E-state index contributed by atoms with van der Waals surface area (Å²) >= 11 is 0. The number of ether oxygens (including phenoxy) is 1. The minimum Gasteiger partial charge on any atom is -0.465 e. The van der Waals surface area contributed by atoms with Crippen molar-refractivity contribution < 1.29 is 27.5 Å². The molecule has 1 aliphatic rings. The first-order valence-corrected chi connectivity index (χ1v) is 9.36. The van der Waals surface area contributed by atoms with Gasteiger partial charge in [-0.3, -0.25) is 9.36 Å². The highest BCUT2D eigenvalue weighted by Crippen LogP contribution is 2.27. The van der Waals surface area contributed by atoms with Gasteiger partial charge in [-0.2, -0.15) is 0 Å². The molecule has 0 unspecified atom stereocenters. The molecule has 30 heavy (non-hydrogen) atoms. The Morgan fingerprint density at radius 2 is 1.70 bits per heavy atom. The number of nitrogens with zero attached hydrogens (tertiary/aromatic N) is 2. The first-order chi connectivity index (χ1) is 14.4. The lowest BCUT2D eigenvalue weighted by Crippen LogP contribution is -2.40. The number of piperidine rings is 1. The molecule has 0 saturated carbocycles. The molecule has 0 radical (unpaired) electrons. The zero-order valence-electron chi connectivity index (χ0n) is 16.1. The second-order valence-corrected chi connectivity index (χ2v) is 7.09. The molecule has 1 aliphatic heterocycles. The number of oxazole rings is 1. The second-order valence-electron chi connectivity index (χ2n) is 7.09. The number of hydrogen-bond acceptors (Lipinski definition) is 5. The van der Waals surface area contributed by atoms with Crippen LogP contribution >= 0.6 is 0 Å². The number of halogens is 2. The van der Waals surface area contributed by atoms with Crippen molar-refractivity contribution in [2.75, 3.05) is 20.2 Å². The highest BCUT2D eigenvalue weighted by molar-refractivity contribution is 5.94. The Morgan fingerprint density at radius 3 is 2.33 bits per heavy atom. The molecule has 0 aliphatic carbocycles. The molecule has 7 nitrogen and oxygen atoms in total. The van der Waals surface area contributed by atoms with Gasteiger partial charge in [-0.15, -0.1) is 0 Å². The Labute approximate surface area is 169 Å². The topological polar surface area (TPSA) is 81.8 Å². The minimum atomic E-state index is -0.814. The zero-order valence-corrected chi connectivity index (χ0v) is 16.1. The fourth-order valence-electron chi connectivity index (χ4n) is 3.81. The van der Waals surface area contributed by atoms with Crippen molar-refractivity contribution in [1.29, 1.82) is 0 Å². The largest absolute Gasteiger partial charge is 0.465 e. The molecule has 0 spiro atoms. The van der Waals surface area contributed by atoms with Crippen molar-refractivity contribution in [2.45, 2.75) is 18.9 Å². The van der Waals surface area contributed by atoms with E-state index in [1.165, 1.54) is 28.7 Å². The molecule has 1 saturated heterocycles. The van der Waals surface area contributed by atoms with Gasteiger partial charge >= 0.3 is 11.7 Å². The van der Waals surface area contributed by atoms with Crippen LogP contribution in [0.1, 0.15) is 39.6 Å². The van der Waals surface area contributed by atoms with E-state index in [9.17, 15) is 23.2 Å². The van der Waals surface area contributed by atoms with E-state index in [0.717, 1.165) is 12.1 Å². The number of esters is 1. The van der Waals surface area contributed by atoms with Gasteiger partial charge in [0, 0.05) is 30.8 Å². The summed E-state index contributed by atoms with van der Waals surface area (Å²) in [6, 6.07) is 7.05. The fourth-order valence-corrected chi connectivity index (χ4v) is 3.81. The summed E-state index contributed by atoms with van der Waals surface area (Å²) in [6.07, 6.45) is 0.890. The number of likely N-dealkylation sites (tertiary alicyclic amines) is 1. The fraction of sp³-hybridized carbons (Fsp3) is 0.286. The van der Waals surface area contributed by atoms with E-state index in [-0.39, 0.29) is 11.6 Å². The number of amides is 1.